The van der Waals surface area contributed by atoms with Crippen molar-refractivity contribution in [3.8, 4) is 6.07 Å². The molecule has 0 aromatic heterocycles. The summed E-state index contributed by atoms with van der Waals surface area (Å²) in [5.74, 6) is -1.32. The second-order valence-corrected chi connectivity index (χ2v) is 4.63. The molecule has 0 saturated heterocycles. The van der Waals surface area contributed by atoms with Crippen molar-refractivity contribution in [2.24, 2.45) is 0 Å². The minimum absolute atomic E-state index is 0.0419. The van der Waals surface area contributed by atoms with E-state index >= 15 is 0 Å². The normalized spacial score (nSPS) is 9.95. The smallest absolute Gasteiger partial charge is 0.340 e. The SMILES string of the molecule is N#Cc1ccc(COC(=O)c2cc(F)ccc2N)c(Cl)c1. The predicted molar refractivity (Wildman–Crippen MR) is 76.1 cm³/mol. The fourth-order valence-electron chi connectivity index (χ4n) is 1.66. The minimum atomic E-state index is -0.743. The molecule has 106 valence electrons. The van der Waals surface area contributed by atoms with Crippen molar-refractivity contribution in [2.45, 2.75) is 6.61 Å². The minimum Gasteiger partial charge on any atom is -0.457 e. The third-order valence-electron chi connectivity index (χ3n) is 2.78. The molecule has 6 heteroatoms. The van der Waals surface area contributed by atoms with E-state index in [2.05, 4.69) is 0 Å². The molecule has 0 bridgehead atoms. The highest BCUT2D eigenvalue weighted by molar-refractivity contribution is 6.31. The quantitative estimate of drug-likeness (QED) is 0.697. The lowest BCUT2D eigenvalue weighted by molar-refractivity contribution is 0.0473. The number of esters is 1. The Bertz CT molecular complexity index is 741. The number of carbonyl (C=O) groups is 1. The van der Waals surface area contributed by atoms with Crippen LogP contribution in [0.4, 0.5) is 10.1 Å². The molecule has 0 amide bonds. The third-order valence-corrected chi connectivity index (χ3v) is 3.13. The second kappa shape index (κ2) is 6.25. The molecule has 0 unspecified atom stereocenters. The molecule has 0 saturated carbocycles. The number of nitrogens with two attached hydrogens (primary N) is 1. The Morgan fingerprint density at radius 1 is 1.33 bits per heavy atom. The Labute approximate surface area is 125 Å². The van der Waals surface area contributed by atoms with Gasteiger partial charge in [0.25, 0.3) is 0 Å². The van der Waals surface area contributed by atoms with Crippen LogP contribution in [0, 0.1) is 17.1 Å². The number of hydrogen-bond donors (Lipinski definition) is 1. The van der Waals surface area contributed by atoms with E-state index in [1.807, 2.05) is 6.07 Å². The van der Waals surface area contributed by atoms with Crippen LogP contribution >= 0.6 is 11.6 Å². The van der Waals surface area contributed by atoms with Crippen LogP contribution in [0.2, 0.25) is 5.02 Å². The molecule has 0 fully saturated rings. The van der Waals surface area contributed by atoms with E-state index in [1.165, 1.54) is 12.1 Å². The van der Waals surface area contributed by atoms with E-state index in [4.69, 9.17) is 27.3 Å². The highest BCUT2D eigenvalue weighted by atomic mass is 35.5. The number of carbonyl (C=O) groups excluding carboxylic acids is 1. The maximum Gasteiger partial charge on any atom is 0.340 e. The fraction of sp³-hybridized carbons (Fsp3) is 0.0667. The van der Waals surface area contributed by atoms with Gasteiger partial charge in [-0.15, -0.1) is 0 Å². The number of rotatable bonds is 3. The van der Waals surface area contributed by atoms with Gasteiger partial charge in [0.15, 0.2) is 0 Å². The van der Waals surface area contributed by atoms with Crippen molar-refractivity contribution < 1.29 is 13.9 Å². The van der Waals surface area contributed by atoms with Gasteiger partial charge in [0, 0.05) is 16.3 Å². The molecule has 2 rings (SSSR count). The summed E-state index contributed by atoms with van der Waals surface area (Å²) in [7, 11) is 0. The Morgan fingerprint density at radius 3 is 2.76 bits per heavy atom. The van der Waals surface area contributed by atoms with E-state index in [9.17, 15) is 9.18 Å². The standard InChI is InChI=1S/C15H10ClFN2O2/c16-13-5-9(7-18)1-2-10(13)8-21-15(20)12-6-11(17)3-4-14(12)19/h1-6H,8,19H2. The molecule has 0 spiro atoms. The van der Waals surface area contributed by atoms with Crippen molar-refractivity contribution in [3.63, 3.8) is 0 Å². The summed E-state index contributed by atoms with van der Waals surface area (Å²) in [5.41, 5.74) is 6.64. The van der Waals surface area contributed by atoms with Crippen LogP contribution in [0.1, 0.15) is 21.5 Å². The van der Waals surface area contributed by atoms with Gasteiger partial charge in [0.1, 0.15) is 12.4 Å². The fourth-order valence-corrected chi connectivity index (χ4v) is 1.90. The largest absolute Gasteiger partial charge is 0.457 e. The summed E-state index contributed by atoms with van der Waals surface area (Å²) >= 11 is 5.97. The van der Waals surface area contributed by atoms with Gasteiger partial charge in [-0.3, -0.25) is 0 Å². The molecule has 21 heavy (non-hydrogen) atoms. The zero-order valence-corrected chi connectivity index (χ0v) is 11.5. The summed E-state index contributed by atoms with van der Waals surface area (Å²) in [4.78, 5) is 11.9. The lowest BCUT2D eigenvalue weighted by atomic mass is 10.1. The molecule has 2 aromatic rings. The van der Waals surface area contributed by atoms with Crippen molar-refractivity contribution in [2.75, 3.05) is 5.73 Å². The number of nitrogen functional groups attached to an aromatic ring is 1. The van der Waals surface area contributed by atoms with Crippen molar-refractivity contribution >= 4 is 23.3 Å². The number of benzene rings is 2. The summed E-state index contributed by atoms with van der Waals surface area (Å²) in [6, 6.07) is 10.0. The Morgan fingerprint density at radius 2 is 2.10 bits per heavy atom. The molecule has 0 atom stereocenters. The summed E-state index contributed by atoms with van der Waals surface area (Å²) in [5, 5.41) is 9.05. The molecule has 4 nitrogen and oxygen atoms in total. The van der Waals surface area contributed by atoms with Crippen LogP contribution in [-0.4, -0.2) is 5.97 Å². The molecule has 0 heterocycles. The van der Waals surface area contributed by atoms with Crippen molar-refractivity contribution in [1.82, 2.24) is 0 Å². The van der Waals surface area contributed by atoms with Gasteiger partial charge < -0.3 is 10.5 Å². The summed E-state index contributed by atoms with van der Waals surface area (Å²) in [6.07, 6.45) is 0. The molecule has 0 radical (unpaired) electrons. The van der Waals surface area contributed by atoms with Gasteiger partial charge >= 0.3 is 5.97 Å². The van der Waals surface area contributed by atoms with Gasteiger partial charge in [0.05, 0.1) is 17.2 Å². The monoisotopic (exact) mass is 304 g/mol. The van der Waals surface area contributed by atoms with Gasteiger partial charge in [-0.2, -0.15) is 5.26 Å². The maximum atomic E-state index is 13.1. The number of halogens is 2. The zero-order chi connectivity index (χ0) is 15.4. The average Bonchev–Trinajstić information content (AvgIpc) is 2.48. The van der Waals surface area contributed by atoms with Gasteiger partial charge in [-0.25, -0.2) is 9.18 Å². The van der Waals surface area contributed by atoms with E-state index in [1.54, 1.807) is 12.1 Å². The first-order chi connectivity index (χ1) is 10.0. The number of ether oxygens (including phenoxy) is 1. The molecule has 0 aliphatic rings. The highest BCUT2D eigenvalue weighted by Crippen LogP contribution is 2.20. The average molecular weight is 305 g/mol. The van der Waals surface area contributed by atoms with Crippen LogP contribution in [0.3, 0.4) is 0 Å². The molecule has 0 aliphatic heterocycles. The first kappa shape index (κ1) is 14.8. The first-order valence-corrected chi connectivity index (χ1v) is 6.29. The predicted octanol–water partition coefficient (Wildman–Crippen LogP) is 3.29. The molecule has 2 aromatic carbocycles. The van der Waals surface area contributed by atoms with Crippen LogP contribution in [-0.2, 0) is 11.3 Å². The second-order valence-electron chi connectivity index (χ2n) is 4.23. The molecular weight excluding hydrogens is 295 g/mol. The highest BCUT2D eigenvalue weighted by Gasteiger charge is 2.13. The summed E-state index contributed by atoms with van der Waals surface area (Å²) in [6.45, 7) is -0.0979. The van der Waals surface area contributed by atoms with Crippen LogP contribution in [0.5, 0.6) is 0 Å². The lowest BCUT2D eigenvalue weighted by Crippen LogP contribution is -2.09. The van der Waals surface area contributed by atoms with Crippen molar-refractivity contribution in [3.05, 3.63) is 63.9 Å². The maximum absolute atomic E-state index is 13.1. The van der Waals surface area contributed by atoms with E-state index < -0.39 is 11.8 Å². The zero-order valence-electron chi connectivity index (χ0n) is 10.8. The molecule has 2 N–H and O–H groups in total. The van der Waals surface area contributed by atoms with Crippen LogP contribution < -0.4 is 5.73 Å². The number of anilines is 1. The first-order valence-electron chi connectivity index (χ1n) is 5.92. The Balaban J connectivity index is 2.11. The topological polar surface area (TPSA) is 76.1 Å². The van der Waals surface area contributed by atoms with Crippen LogP contribution in [0.25, 0.3) is 0 Å². The molecular formula is C15H10ClFN2O2. The van der Waals surface area contributed by atoms with Gasteiger partial charge in [-0.05, 0) is 30.3 Å². The third kappa shape index (κ3) is 3.50. The molecule has 0 aliphatic carbocycles. The Hall–Kier alpha value is -2.58. The van der Waals surface area contributed by atoms with E-state index in [-0.39, 0.29) is 17.9 Å². The van der Waals surface area contributed by atoms with Crippen LogP contribution in [0.15, 0.2) is 36.4 Å². The van der Waals surface area contributed by atoms with Gasteiger partial charge in [-0.1, -0.05) is 17.7 Å². The summed E-state index contributed by atoms with van der Waals surface area (Å²) < 4.78 is 18.2. The van der Waals surface area contributed by atoms with E-state index in [0.717, 1.165) is 12.1 Å². The number of nitriles is 1. The van der Waals surface area contributed by atoms with Gasteiger partial charge in [0.2, 0.25) is 0 Å². The Kier molecular flexibility index (Phi) is 4.41. The number of nitrogens with zero attached hydrogens (tertiary/aromatic N) is 1. The van der Waals surface area contributed by atoms with Crippen molar-refractivity contribution in [1.29, 1.82) is 5.26 Å². The number of hydrogen-bond acceptors (Lipinski definition) is 4. The van der Waals surface area contributed by atoms with E-state index in [0.29, 0.717) is 16.1 Å². The lowest BCUT2D eigenvalue weighted by Gasteiger charge is -2.08.